The molecule has 0 amide bonds. The van der Waals surface area contributed by atoms with E-state index in [0.29, 0.717) is 17.0 Å². The van der Waals surface area contributed by atoms with Crippen LogP contribution in [-0.4, -0.2) is 19.4 Å². The van der Waals surface area contributed by atoms with Gasteiger partial charge in [0.15, 0.2) is 0 Å². The van der Waals surface area contributed by atoms with E-state index in [0.717, 1.165) is 94.9 Å². The third-order valence-electron chi connectivity index (χ3n) is 12.7. The number of aromatic nitrogens is 3. The summed E-state index contributed by atoms with van der Waals surface area (Å²) in [5.74, 6) is 0. The van der Waals surface area contributed by atoms with E-state index in [2.05, 4.69) is 159 Å². The largest absolute Gasteiger partial charge is 0.398 e. The Morgan fingerprint density at radius 2 is 1.12 bits per heavy atom. The van der Waals surface area contributed by atoms with Crippen molar-refractivity contribution in [3.8, 4) is 17.4 Å². The Labute approximate surface area is 379 Å². The molecule has 0 atom stereocenters. The van der Waals surface area contributed by atoms with E-state index in [9.17, 15) is 5.26 Å². The van der Waals surface area contributed by atoms with Crippen molar-refractivity contribution in [1.29, 1.82) is 5.26 Å². The van der Waals surface area contributed by atoms with Crippen molar-refractivity contribution in [3.05, 3.63) is 223 Å². The van der Waals surface area contributed by atoms with E-state index in [1.54, 1.807) is 0 Å². The molecule has 12 rings (SSSR count). The summed E-state index contributed by atoms with van der Waals surface area (Å²) in [6.07, 6.45) is 10.5. The molecule has 11 aromatic rings. The number of hydrogen-bond donors (Lipinski definition) is 1. The minimum Gasteiger partial charge on any atom is -0.398 e. The van der Waals surface area contributed by atoms with E-state index < -0.39 is 0 Å². The van der Waals surface area contributed by atoms with Gasteiger partial charge in [0.25, 0.3) is 0 Å². The molecule has 0 saturated heterocycles. The zero-order valence-electron chi connectivity index (χ0n) is 35.3. The molecule has 65 heavy (non-hydrogen) atoms. The van der Waals surface area contributed by atoms with Gasteiger partial charge in [0.05, 0.1) is 50.1 Å². The number of hydrogen-bond acceptors (Lipinski definition) is 4. The summed E-state index contributed by atoms with van der Waals surface area (Å²) >= 11 is 1.40. The second-order valence-corrected chi connectivity index (χ2v) is 17.2. The number of rotatable bonds is 8. The predicted octanol–water partition coefficient (Wildman–Crippen LogP) is 14.5. The van der Waals surface area contributed by atoms with Crippen LogP contribution in [-0.2, 0) is 0 Å². The van der Waals surface area contributed by atoms with E-state index in [1.807, 2.05) is 66.7 Å². The fourth-order valence-corrected chi connectivity index (χ4v) is 10.5. The van der Waals surface area contributed by atoms with Crippen LogP contribution >= 0.6 is 11.9 Å². The normalized spacial score (nSPS) is 13.4. The van der Waals surface area contributed by atoms with Crippen LogP contribution < -0.4 is 5.73 Å². The summed E-state index contributed by atoms with van der Waals surface area (Å²) < 4.78 is 12.5. The third kappa shape index (κ3) is 6.22. The quantitative estimate of drug-likeness (QED) is 0.122. The van der Waals surface area contributed by atoms with E-state index in [4.69, 9.17) is 10.1 Å². The van der Waals surface area contributed by atoms with Gasteiger partial charge < -0.3 is 19.4 Å². The minimum absolute atomic E-state index is 0.548. The first-order valence-electron chi connectivity index (χ1n) is 21.9. The smallest absolute Gasteiger partial charge is 0.101 e. The maximum Gasteiger partial charge on any atom is 0.101 e. The highest BCUT2D eigenvalue weighted by molar-refractivity contribution is 7.98. The average molecular weight is 853 g/mol. The lowest BCUT2D eigenvalue weighted by atomic mass is 10.0. The molecular weight excluding hydrogens is 813 g/mol. The molecule has 0 aliphatic heterocycles. The zero-order chi connectivity index (χ0) is 43.4. The van der Waals surface area contributed by atoms with Gasteiger partial charge in [-0.1, -0.05) is 140 Å². The maximum absolute atomic E-state index is 11.1. The van der Waals surface area contributed by atoms with Crippen molar-refractivity contribution in [2.45, 2.75) is 17.7 Å². The first-order chi connectivity index (χ1) is 32.2. The Kier molecular flexibility index (Phi) is 9.32. The van der Waals surface area contributed by atoms with Crippen LogP contribution in [0.1, 0.15) is 29.5 Å². The molecule has 8 aromatic carbocycles. The molecule has 0 bridgehead atoms. The summed E-state index contributed by atoms with van der Waals surface area (Å²) in [6, 6.07) is 65.8. The molecule has 7 heteroatoms. The lowest BCUT2D eigenvalue weighted by Gasteiger charge is -2.16. The summed E-state index contributed by atoms with van der Waals surface area (Å²) in [4.78, 5) is 1.01. The lowest BCUT2D eigenvalue weighted by molar-refractivity contribution is 0.980. The van der Waals surface area contributed by atoms with Gasteiger partial charge in [0.1, 0.15) is 6.07 Å². The Balaban J connectivity index is 1.27. The number of fused-ring (bicyclic) bond motifs is 12. The topological polar surface area (TPSA) is 77.0 Å². The summed E-state index contributed by atoms with van der Waals surface area (Å²) in [5, 5.41) is 18.0. The minimum atomic E-state index is 0.548. The van der Waals surface area contributed by atoms with Crippen molar-refractivity contribution in [3.63, 3.8) is 0 Å². The highest BCUT2D eigenvalue weighted by Crippen LogP contribution is 2.50. The lowest BCUT2D eigenvalue weighted by Crippen LogP contribution is -2.06. The van der Waals surface area contributed by atoms with E-state index in [1.165, 1.54) is 28.4 Å². The first-order valence-corrected chi connectivity index (χ1v) is 22.7. The third-order valence-corrected chi connectivity index (χ3v) is 13.4. The molecule has 1 aliphatic rings. The second-order valence-electron chi connectivity index (χ2n) is 16.4. The van der Waals surface area contributed by atoms with Crippen LogP contribution in [0.2, 0.25) is 0 Å². The molecule has 3 heterocycles. The van der Waals surface area contributed by atoms with Crippen molar-refractivity contribution >= 4 is 94.5 Å². The van der Waals surface area contributed by atoms with Crippen molar-refractivity contribution < 1.29 is 0 Å². The molecule has 0 saturated carbocycles. The predicted molar refractivity (Wildman–Crippen MR) is 273 cm³/mol. The number of para-hydroxylation sites is 4. The Bertz CT molecular complexity index is 3860. The second kappa shape index (κ2) is 15.8. The van der Waals surface area contributed by atoms with Crippen LogP contribution in [0.4, 0.5) is 0 Å². The molecule has 1 aliphatic carbocycles. The summed E-state index contributed by atoms with van der Waals surface area (Å²) in [7, 11) is 0. The molecule has 3 aromatic heterocycles. The Hall–Kier alpha value is -8.31. The summed E-state index contributed by atoms with van der Waals surface area (Å²) in [5.41, 5.74) is 20.1. The van der Waals surface area contributed by atoms with E-state index >= 15 is 0 Å². The molecule has 308 valence electrons. The van der Waals surface area contributed by atoms with Gasteiger partial charge in [-0.3, -0.25) is 0 Å². The number of nitrogens with zero attached hydrogens (tertiary/aromatic N) is 5. The Morgan fingerprint density at radius 1 is 0.585 bits per heavy atom. The van der Waals surface area contributed by atoms with Gasteiger partial charge in [0, 0.05) is 71.8 Å². The maximum atomic E-state index is 11.1. The fourth-order valence-electron chi connectivity index (χ4n) is 9.90. The van der Waals surface area contributed by atoms with Gasteiger partial charge in [-0.2, -0.15) is 5.26 Å². The monoisotopic (exact) mass is 852 g/mol. The van der Waals surface area contributed by atoms with Gasteiger partial charge in [-0.25, -0.2) is 4.40 Å². The number of benzene rings is 8. The first kappa shape index (κ1) is 38.4. The molecule has 6 nitrogen and oxygen atoms in total. The van der Waals surface area contributed by atoms with Gasteiger partial charge in [0.2, 0.25) is 0 Å². The molecule has 0 spiro atoms. The number of allylic oxidation sites excluding steroid dienone is 5. The van der Waals surface area contributed by atoms with Crippen LogP contribution in [0.15, 0.2) is 216 Å². The molecule has 2 N–H and O–H groups in total. The average Bonchev–Trinajstić information content (AvgIpc) is 4.02. The van der Waals surface area contributed by atoms with Crippen LogP contribution in [0.5, 0.6) is 0 Å². The Morgan fingerprint density at radius 3 is 1.74 bits per heavy atom. The van der Waals surface area contributed by atoms with Crippen molar-refractivity contribution in [2.24, 2.45) is 10.1 Å². The van der Waals surface area contributed by atoms with Crippen LogP contribution in [0, 0.1) is 11.3 Å². The van der Waals surface area contributed by atoms with Crippen molar-refractivity contribution in [2.75, 3.05) is 0 Å². The van der Waals surface area contributed by atoms with Gasteiger partial charge >= 0.3 is 0 Å². The highest BCUT2D eigenvalue weighted by atomic mass is 32.2. The molecular formula is C58H40N6S. The molecule has 0 radical (unpaired) electrons. The van der Waals surface area contributed by atoms with E-state index in [-0.39, 0.29) is 0 Å². The van der Waals surface area contributed by atoms with Crippen LogP contribution in [0.25, 0.3) is 88.2 Å². The molecule has 0 fully saturated rings. The molecule has 0 unspecified atom stereocenters. The highest BCUT2D eigenvalue weighted by Gasteiger charge is 2.29. The van der Waals surface area contributed by atoms with Crippen molar-refractivity contribution in [1.82, 2.24) is 13.7 Å². The number of nitrogens with two attached hydrogens (primary N) is 1. The zero-order valence-corrected chi connectivity index (χ0v) is 36.1. The SMILES string of the molecule is N#Cc1ccc(C(/C=C(\N)c2ccccc2)=N/Sc2ccccc2)cc1-n1c2ccccc2c2c3c(c4ccccc4n3-c3ccccc3)c3c(c4ccccc4n3C3=CC=CCC3)c21. The van der Waals surface area contributed by atoms with Gasteiger partial charge in [-0.05, 0) is 85.2 Å². The summed E-state index contributed by atoms with van der Waals surface area (Å²) in [6.45, 7) is 0. The number of nitriles is 1. The van der Waals surface area contributed by atoms with Gasteiger partial charge in [-0.15, -0.1) is 0 Å². The standard InChI is InChI=1S/C58H40N6S/c59-37-40-34-33-39(48(61-65-43-25-11-4-12-26-43)36-47(60)38-19-5-1-6-20-38)35-52(40)64-51-32-18-15-29-46(51)55-57-53(44-27-13-16-30-49(44)62(57)41-21-7-2-8-22-41)56-54(58(55)64)45-28-14-17-31-50(45)63(56)42-23-9-3-10-24-42/h1-9,11-23,25-36H,10,24,60H2/b47-36-,61-48+. The van der Waals surface area contributed by atoms with Crippen LogP contribution in [0.3, 0.4) is 0 Å². The fraction of sp³-hybridized carbons (Fsp3) is 0.0345.